The Kier molecular flexibility index (Phi) is 4.20. The van der Waals surface area contributed by atoms with Crippen LogP contribution in [0.1, 0.15) is 17.3 Å². The standard InChI is InChI=1S/C15H17N3O2/c1-2-17-14(19)9-18-15(20)12-7-10-5-3-4-6-11(10)8-13(12)16/h3-8H,2,9,16H2,1H3,(H,17,19)(H,18,20). The van der Waals surface area contributed by atoms with E-state index in [0.29, 0.717) is 17.8 Å². The molecule has 20 heavy (non-hydrogen) atoms. The second-order valence-electron chi connectivity index (χ2n) is 4.42. The Hall–Kier alpha value is -2.56. The number of nitrogens with two attached hydrogens (primary N) is 1. The van der Waals surface area contributed by atoms with Crippen LogP contribution in [0.2, 0.25) is 0 Å². The summed E-state index contributed by atoms with van der Waals surface area (Å²) >= 11 is 0. The highest BCUT2D eigenvalue weighted by atomic mass is 16.2. The van der Waals surface area contributed by atoms with Gasteiger partial charge < -0.3 is 16.4 Å². The first-order valence-corrected chi connectivity index (χ1v) is 6.45. The molecule has 0 spiro atoms. The number of nitrogen functional groups attached to an aromatic ring is 1. The fraction of sp³-hybridized carbons (Fsp3) is 0.200. The molecule has 0 aliphatic heterocycles. The molecule has 0 aliphatic carbocycles. The maximum Gasteiger partial charge on any atom is 0.253 e. The van der Waals surface area contributed by atoms with Crippen molar-refractivity contribution in [3.63, 3.8) is 0 Å². The summed E-state index contributed by atoms with van der Waals surface area (Å²) in [5.74, 6) is -0.570. The van der Waals surface area contributed by atoms with E-state index >= 15 is 0 Å². The van der Waals surface area contributed by atoms with Gasteiger partial charge >= 0.3 is 0 Å². The molecule has 0 aliphatic rings. The molecule has 0 atom stereocenters. The van der Waals surface area contributed by atoms with Crippen molar-refractivity contribution in [3.05, 3.63) is 42.0 Å². The first-order valence-electron chi connectivity index (χ1n) is 6.45. The number of carbonyl (C=O) groups excluding carboxylic acids is 2. The Morgan fingerprint density at radius 1 is 1.10 bits per heavy atom. The van der Waals surface area contributed by atoms with Gasteiger partial charge in [-0.25, -0.2) is 0 Å². The van der Waals surface area contributed by atoms with E-state index in [1.807, 2.05) is 31.2 Å². The van der Waals surface area contributed by atoms with E-state index in [0.717, 1.165) is 10.8 Å². The number of hydrogen-bond donors (Lipinski definition) is 3. The third kappa shape index (κ3) is 3.06. The Labute approximate surface area is 117 Å². The third-order valence-electron chi connectivity index (χ3n) is 2.95. The topological polar surface area (TPSA) is 84.2 Å². The van der Waals surface area contributed by atoms with Gasteiger partial charge in [0.2, 0.25) is 5.91 Å². The van der Waals surface area contributed by atoms with Crippen LogP contribution in [0.25, 0.3) is 10.8 Å². The maximum absolute atomic E-state index is 12.0. The molecule has 0 radical (unpaired) electrons. The van der Waals surface area contributed by atoms with Gasteiger partial charge in [-0.15, -0.1) is 0 Å². The monoisotopic (exact) mass is 271 g/mol. The number of carbonyl (C=O) groups is 2. The third-order valence-corrected chi connectivity index (χ3v) is 2.95. The Balaban J connectivity index is 2.17. The highest BCUT2D eigenvalue weighted by Gasteiger charge is 2.11. The molecule has 2 aromatic rings. The lowest BCUT2D eigenvalue weighted by molar-refractivity contribution is -0.120. The molecule has 2 rings (SSSR count). The number of likely N-dealkylation sites (N-methyl/N-ethyl adjacent to an activating group) is 1. The van der Waals surface area contributed by atoms with Gasteiger partial charge in [0, 0.05) is 12.2 Å². The van der Waals surface area contributed by atoms with Crippen LogP contribution in [-0.4, -0.2) is 24.9 Å². The summed E-state index contributed by atoms with van der Waals surface area (Å²) in [5, 5.41) is 7.08. The Morgan fingerprint density at radius 2 is 1.75 bits per heavy atom. The molecule has 4 N–H and O–H groups in total. The molecule has 0 aromatic heterocycles. The number of rotatable bonds is 4. The lowest BCUT2D eigenvalue weighted by Gasteiger charge is -2.09. The van der Waals surface area contributed by atoms with Crippen molar-refractivity contribution in [2.24, 2.45) is 0 Å². The van der Waals surface area contributed by atoms with E-state index in [1.165, 1.54) is 0 Å². The first kappa shape index (κ1) is 13.9. The van der Waals surface area contributed by atoms with Crippen LogP contribution in [0.4, 0.5) is 5.69 Å². The number of anilines is 1. The molecule has 0 saturated carbocycles. The summed E-state index contributed by atoms with van der Waals surface area (Å²) in [7, 11) is 0. The van der Waals surface area contributed by atoms with Crippen molar-refractivity contribution >= 4 is 28.3 Å². The average Bonchev–Trinajstić information content (AvgIpc) is 2.44. The smallest absolute Gasteiger partial charge is 0.253 e. The van der Waals surface area contributed by atoms with E-state index in [9.17, 15) is 9.59 Å². The molecule has 0 unspecified atom stereocenters. The van der Waals surface area contributed by atoms with Gasteiger partial charge in [0.1, 0.15) is 0 Å². The molecular formula is C15H17N3O2. The predicted octanol–water partition coefficient (Wildman–Crippen LogP) is 1.29. The van der Waals surface area contributed by atoms with E-state index in [-0.39, 0.29) is 18.4 Å². The number of nitrogens with one attached hydrogen (secondary N) is 2. The zero-order chi connectivity index (χ0) is 14.5. The number of fused-ring (bicyclic) bond motifs is 1. The summed E-state index contributed by atoms with van der Waals surface area (Å²) in [5.41, 5.74) is 6.67. The molecule has 0 heterocycles. The molecule has 2 amide bonds. The van der Waals surface area contributed by atoms with E-state index < -0.39 is 0 Å². The van der Waals surface area contributed by atoms with Crippen LogP contribution >= 0.6 is 0 Å². The minimum atomic E-state index is -0.348. The van der Waals surface area contributed by atoms with Crippen LogP contribution < -0.4 is 16.4 Å². The van der Waals surface area contributed by atoms with Crippen molar-refractivity contribution < 1.29 is 9.59 Å². The summed E-state index contributed by atoms with van der Waals surface area (Å²) in [6.07, 6.45) is 0. The van der Waals surface area contributed by atoms with Gasteiger partial charge in [0.05, 0.1) is 12.1 Å². The van der Waals surface area contributed by atoms with Crippen molar-refractivity contribution in [2.45, 2.75) is 6.92 Å². The summed E-state index contributed by atoms with van der Waals surface area (Å²) < 4.78 is 0. The second kappa shape index (κ2) is 6.06. The quantitative estimate of drug-likeness (QED) is 0.733. The molecule has 104 valence electrons. The van der Waals surface area contributed by atoms with Crippen LogP contribution in [0.3, 0.4) is 0 Å². The molecular weight excluding hydrogens is 254 g/mol. The largest absolute Gasteiger partial charge is 0.398 e. The van der Waals surface area contributed by atoms with Crippen molar-refractivity contribution in [1.82, 2.24) is 10.6 Å². The zero-order valence-electron chi connectivity index (χ0n) is 11.3. The first-order chi connectivity index (χ1) is 9.61. The second-order valence-corrected chi connectivity index (χ2v) is 4.42. The normalized spacial score (nSPS) is 10.2. The minimum Gasteiger partial charge on any atom is -0.398 e. The highest BCUT2D eigenvalue weighted by Crippen LogP contribution is 2.21. The van der Waals surface area contributed by atoms with Gasteiger partial charge in [-0.1, -0.05) is 24.3 Å². The van der Waals surface area contributed by atoms with Gasteiger partial charge in [0.15, 0.2) is 0 Å². The fourth-order valence-corrected chi connectivity index (χ4v) is 1.97. The van der Waals surface area contributed by atoms with Crippen LogP contribution in [-0.2, 0) is 4.79 Å². The molecule has 5 nitrogen and oxygen atoms in total. The van der Waals surface area contributed by atoms with Crippen molar-refractivity contribution in [3.8, 4) is 0 Å². The van der Waals surface area contributed by atoms with Gasteiger partial charge in [-0.05, 0) is 29.8 Å². The summed E-state index contributed by atoms with van der Waals surface area (Å²) in [6.45, 7) is 2.30. The molecule has 0 bridgehead atoms. The minimum absolute atomic E-state index is 0.0566. The average molecular weight is 271 g/mol. The number of amides is 2. The van der Waals surface area contributed by atoms with Crippen molar-refractivity contribution in [2.75, 3.05) is 18.8 Å². The van der Waals surface area contributed by atoms with Crippen molar-refractivity contribution in [1.29, 1.82) is 0 Å². The molecule has 5 heteroatoms. The lowest BCUT2D eigenvalue weighted by atomic mass is 10.0. The lowest BCUT2D eigenvalue weighted by Crippen LogP contribution is -2.36. The zero-order valence-corrected chi connectivity index (χ0v) is 11.3. The molecule has 0 saturated heterocycles. The summed E-state index contributed by atoms with van der Waals surface area (Å²) in [6, 6.07) is 11.1. The van der Waals surface area contributed by atoms with E-state index in [1.54, 1.807) is 12.1 Å². The SMILES string of the molecule is CCNC(=O)CNC(=O)c1cc2ccccc2cc1N. The van der Waals surface area contributed by atoms with Crippen LogP contribution in [0.15, 0.2) is 36.4 Å². The number of benzene rings is 2. The molecule has 0 fully saturated rings. The number of hydrogen-bond acceptors (Lipinski definition) is 3. The van der Waals surface area contributed by atoms with E-state index in [4.69, 9.17) is 5.73 Å². The van der Waals surface area contributed by atoms with Gasteiger partial charge in [-0.3, -0.25) is 9.59 Å². The van der Waals surface area contributed by atoms with E-state index in [2.05, 4.69) is 10.6 Å². The predicted molar refractivity (Wildman–Crippen MR) is 79.4 cm³/mol. The van der Waals surface area contributed by atoms with Gasteiger partial charge in [-0.2, -0.15) is 0 Å². The van der Waals surface area contributed by atoms with Crippen LogP contribution in [0, 0.1) is 0 Å². The van der Waals surface area contributed by atoms with Crippen LogP contribution in [0.5, 0.6) is 0 Å². The fourth-order valence-electron chi connectivity index (χ4n) is 1.97. The van der Waals surface area contributed by atoms with Gasteiger partial charge in [0.25, 0.3) is 5.91 Å². The highest BCUT2D eigenvalue weighted by molar-refractivity contribution is 6.04. The Morgan fingerprint density at radius 3 is 2.40 bits per heavy atom. The Bertz CT molecular complexity index is 653. The maximum atomic E-state index is 12.0. The molecule has 2 aromatic carbocycles. The summed E-state index contributed by atoms with van der Waals surface area (Å²) in [4.78, 5) is 23.4.